The first-order valence-electron chi connectivity index (χ1n) is 8.51. The van der Waals surface area contributed by atoms with Crippen molar-refractivity contribution in [2.75, 3.05) is 14.2 Å². The summed E-state index contributed by atoms with van der Waals surface area (Å²) in [5, 5.41) is 4.65. The van der Waals surface area contributed by atoms with Gasteiger partial charge in [-0.05, 0) is 25.0 Å². The van der Waals surface area contributed by atoms with Gasteiger partial charge in [-0.1, -0.05) is 31.4 Å². The molecule has 0 atom stereocenters. The Morgan fingerprint density at radius 3 is 2.50 bits per heavy atom. The van der Waals surface area contributed by atoms with Gasteiger partial charge < -0.3 is 14.2 Å². The Hall–Kier alpha value is -2.08. The number of methoxy groups -OCH3 is 2. The number of benzene rings is 1. The predicted octanol–water partition coefficient (Wildman–Crippen LogP) is 3.52. The summed E-state index contributed by atoms with van der Waals surface area (Å²) in [6, 6.07) is 8.05. The number of hydrogen-bond acceptors (Lipinski definition) is 5. The van der Waals surface area contributed by atoms with Gasteiger partial charge in [0.05, 0.1) is 13.2 Å². The van der Waals surface area contributed by atoms with Gasteiger partial charge in [0.1, 0.15) is 13.2 Å². The highest BCUT2D eigenvalue weighted by molar-refractivity contribution is 5.39. The van der Waals surface area contributed by atoms with Crippen LogP contribution in [0.3, 0.4) is 0 Å². The van der Waals surface area contributed by atoms with Crippen molar-refractivity contribution in [1.82, 2.24) is 14.8 Å². The zero-order chi connectivity index (χ0) is 16.8. The summed E-state index contributed by atoms with van der Waals surface area (Å²) in [6.07, 6.45) is 6.10. The first-order chi connectivity index (χ1) is 11.8. The molecule has 0 bridgehead atoms. The van der Waals surface area contributed by atoms with E-state index in [9.17, 15) is 0 Å². The Labute approximate surface area is 142 Å². The summed E-state index contributed by atoms with van der Waals surface area (Å²) in [4.78, 5) is 4.61. The Bertz CT molecular complexity index is 651. The van der Waals surface area contributed by atoms with E-state index in [1.54, 1.807) is 14.2 Å². The number of hydrogen-bond donors (Lipinski definition) is 0. The molecule has 0 unspecified atom stereocenters. The zero-order valence-corrected chi connectivity index (χ0v) is 14.4. The Morgan fingerprint density at radius 1 is 1.04 bits per heavy atom. The van der Waals surface area contributed by atoms with Crippen molar-refractivity contribution in [3.8, 4) is 11.5 Å². The molecule has 1 aromatic carbocycles. The lowest BCUT2D eigenvalue weighted by Gasteiger charge is -2.23. The fraction of sp³-hybridized carbons (Fsp3) is 0.556. The van der Waals surface area contributed by atoms with Gasteiger partial charge in [-0.15, -0.1) is 0 Å². The lowest BCUT2D eigenvalue weighted by Crippen LogP contribution is -2.18. The molecule has 1 aliphatic carbocycles. The standard InChI is InChI=1S/C18H25N3O3/c1-22-12-17-19-18(21(20-17)14-8-4-3-5-9-14)13-24-16-11-7-6-10-15(16)23-2/h6-7,10-11,14H,3-5,8-9,12-13H2,1-2H3. The van der Waals surface area contributed by atoms with Gasteiger partial charge in [0.25, 0.3) is 0 Å². The molecule has 0 saturated heterocycles. The van der Waals surface area contributed by atoms with Crippen molar-refractivity contribution in [2.45, 2.75) is 51.4 Å². The van der Waals surface area contributed by atoms with Crippen molar-refractivity contribution in [1.29, 1.82) is 0 Å². The highest BCUT2D eigenvalue weighted by Gasteiger charge is 2.21. The third-order valence-corrected chi connectivity index (χ3v) is 4.37. The molecule has 1 saturated carbocycles. The maximum absolute atomic E-state index is 5.95. The molecule has 1 aromatic heterocycles. The molecule has 1 aliphatic rings. The van der Waals surface area contributed by atoms with Crippen LogP contribution >= 0.6 is 0 Å². The normalized spacial score (nSPS) is 15.4. The molecule has 6 heteroatoms. The highest BCUT2D eigenvalue weighted by atomic mass is 16.5. The molecule has 0 radical (unpaired) electrons. The summed E-state index contributed by atoms with van der Waals surface area (Å²) in [5.41, 5.74) is 0. The average Bonchev–Trinajstić information content (AvgIpc) is 3.04. The van der Waals surface area contributed by atoms with E-state index in [1.807, 2.05) is 28.9 Å². The largest absolute Gasteiger partial charge is 0.493 e. The molecule has 2 aromatic rings. The number of rotatable bonds is 7. The van der Waals surface area contributed by atoms with Crippen molar-refractivity contribution in [3.63, 3.8) is 0 Å². The van der Waals surface area contributed by atoms with Gasteiger partial charge in [0, 0.05) is 7.11 Å². The molecule has 0 spiro atoms. The van der Waals surface area contributed by atoms with E-state index in [0.717, 1.165) is 24.4 Å². The van der Waals surface area contributed by atoms with Gasteiger partial charge in [-0.2, -0.15) is 5.10 Å². The van der Waals surface area contributed by atoms with Crippen LogP contribution < -0.4 is 9.47 Å². The Balaban J connectivity index is 1.77. The van der Waals surface area contributed by atoms with Crippen LogP contribution in [0.25, 0.3) is 0 Å². The lowest BCUT2D eigenvalue weighted by atomic mass is 9.96. The topological polar surface area (TPSA) is 58.4 Å². The third kappa shape index (κ3) is 3.87. The van der Waals surface area contributed by atoms with Crippen LogP contribution in [0.1, 0.15) is 49.8 Å². The van der Waals surface area contributed by atoms with E-state index >= 15 is 0 Å². The maximum atomic E-state index is 5.95. The van der Waals surface area contributed by atoms with Crippen LogP contribution in [-0.4, -0.2) is 29.0 Å². The van der Waals surface area contributed by atoms with Crippen LogP contribution in [0.15, 0.2) is 24.3 Å². The third-order valence-electron chi connectivity index (χ3n) is 4.37. The van der Waals surface area contributed by atoms with Crippen molar-refractivity contribution < 1.29 is 14.2 Å². The first kappa shape index (κ1) is 16.8. The maximum Gasteiger partial charge on any atom is 0.176 e. The molecule has 6 nitrogen and oxygen atoms in total. The quantitative estimate of drug-likeness (QED) is 0.777. The van der Waals surface area contributed by atoms with Gasteiger partial charge in [-0.3, -0.25) is 0 Å². The van der Waals surface area contributed by atoms with Crippen LogP contribution in [-0.2, 0) is 18.0 Å². The Morgan fingerprint density at radius 2 is 1.79 bits per heavy atom. The smallest absolute Gasteiger partial charge is 0.176 e. The molecule has 0 aliphatic heterocycles. The summed E-state index contributed by atoms with van der Waals surface area (Å²) < 4.78 is 18.5. The van der Waals surface area contributed by atoms with E-state index in [-0.39, 0.29) is 0 Å². The van der Waals surface area contributed by atoms with E-state index in [4.69, 9.17) is 14.2 Å². The molecule has 1 heterocycles. The minimum absolute atomic E-state index is 0.369. The number of aromatic nitrogens is 3. The van der Waals surface area contributed by atoms with Crippen LogP contribution in [0.5, 0.6) is 11.5 Å². The van der Waals surface area contributed by atoms with Crippen molar-refractivity contribution >= 4 is 0 Å². The zero-order valence-electron chi connectivity index (χ0n) is 14.4. The monoisotopic (exact) mass is 331 g/mol. The molecular formula is C18H25N3O3. The predicted molar refractivity (Wildman–Crippen MR) is 90.2 cm³/mol. The highest BCUT2D eigenvalue weighted by Crippen LogP contribution is 2.30. The second-order valence-electron chi connectivity index (χ2n) is 6.05. The van der Waals surface area contributed by atoms with Gasteiger partial charge in [0.2, 0.25) is 0 Å². The summed E-state index contributed by atoms with van der Waals surface area (Å²) in [7, 11) is 3.30. The molecule has 24 heavy (non-hydrogen) atoms. The fourth-order valence-corrected chi connectivity index (χ4v) is 3.19. The minimum atomic E-state index is 0.369. The molecule has 0 N–H and O–H groups in total. The number of ether oxygens (including phenoxy) is 3. The second kappa shape index (κ2) is 8.15. The summed E-state index contributed by atoms with van der Waals surface area (Å²) in [6.45, 7) is 0.787. The second-order valence-corrected chi connectivity index (χ2v) is 6.05. The van der Waals surface area contributed by atoms with E-state index < -0.39 is 0 Å². The van der Waals surface area contributed by atoms with E-state index in [0.29, 0.717) is 30.8 Å². The van der Waals surface area contributed by atoms with Gasteiger partial charge in [0.15, 0.2) is 23.1 Å². The Kier molecular flexibility index (Phi) is 5.69. The SMILES string of the molecule is COCc1nc(COc2ccccc2OC)n(C2CCCCC2)n1. The van der Waals surface area contributed by atoms with Crippen LogP contribution in [0.2, 0.25) is 0 Å². The molecular weight excluding hydrogens is 306 g/mol. The van der Waals surface area contributed by atoms with Crippen molar-refractivity contribution in [2.24, 2.45) is 0 Å². The lowest BCUT2D eigenvalue weighted by molar-refractivity contribution is 0.176. The molecule has 0 amide bonds. The molecule has 130 valence electrons. The fourth-order valence-electron chi connectivity index (χ4n) is 3.19. The average molecular weight is 331 g/mol. The van der Waals surface area contributed by atoms with Gasteiger partial charge >= 0.3 is 0 Å². The van der Waals surface area contributed by atoms with E-state index in [2.05, 4.69) is 10.1 Å². The summed E-state index contributed by atoms with van der Waals surface area (Å²) >= 11 is 0. The van der Waals surface area contributed by atoms with E-state index in [1.165, 1.54) is 19.3 Å². The molecule has 3 rings (SSSR count). The van der Waals surface area contributed by atoms with Crippen LogP contribution in [0.4, 0.5) is 0 Å². The van der Waals surface area contributed by atoms with Crippen LogP contribution in [0, 0.1) is 0 Å². The summed E-state index contributed by atoms with van der Waals surface area (Å²) in [5.74, 6) is 2.99. The minimum Gasteiger partial charge on any atom is -0.493 e. The number of para-hydroxylation sites is 2. The van der Waals surface area contributed by atoms with Gasteiger partial charge in [-0.25, -0.2) is 9.67 Å². The molecule has 1 fully saturated rings. The first-order valence-corrected chi connectivity index (χ1v) is 8.51. The number of nitrogens with zero attached hydrogens (tertiary/aromatic N) is 3. The van der Waals surface area contributed by atoms with Crippen molar-refractivity contribution in [3.05, 3.63) is 35.9 Å².